The number of hydrogen-bond acceptors (Lipinski definition) is 4. The van der Waals surface area contributed by atoms with Gasteiger partial charge < -0.3 is 19.1 Å². The molecule has 0 aliphatic rings. The number of carbonyl (C=O) groups is 1. The van der Waals surface area contributed by atoms with E-state index in [2.05, 4.69) is 0 Å². The lowest BCUT2D eigenvalue weighted by atomic mass is 10.2. The summed E-state index contributed by atoms with van der Waals surface area (Å²) in [7, 11) is 4.87. The molecule has 5 heteroatoms. The predicted octanol–water partition coefficient (Wildman–Crippen LogP) is 3.07. The molecule has 112 valence electrons. The first kappa shape index (κ1) is 16.1. The molecule has 0 atom stereocenters. The molecule has 1 rings (SSSR count). The average molecular weight is 281 g/mol. The van der Waals surface area contributed by atoms with Gasteiger partial charge in [0.05, 0.1) is 14.2 Å². The van der Waals surface area contributed by atoms with Crippen molar-refractivity contribution in [1.82, 2.24) is 4.90 Å². The summed E-state index contributed by atoms with van der Waals surface area (Å²) in [4.78, 5) is 13.4. The summed E-state index contributed by atoms with van der Waals surface area (Å²) < 4.78 is 15.7. The number of benzene rings is 1. The van der Waals surface area contributed by atoms with Crippen LogP contribution in [0, 0.1) is 0 Å². The molecule has 0 N–H and O–H groups in total. The summed E-state index contributed by atoms with van der Waals surface area (Å²) in [5.74, 6) is 1.30. The van der Waals surface area contributed by atoms with Gasteiger partial charge in [-0.25, -0.2) is 4.79 Å². The molecule has 0 unspecified atom stereocenters. The van der Waals surface area contributed by atoms with Crippen LogP contribution in [0.5, 0.6) is 11.5 Å². The van der Waals surface area contributed by atoms with Gasteiger partial charge in [-0.2, -0.15) is 0 Å². The highest BCUT2D eigenvalue weighted by Crippen LogP contribution is 2.28. The van der Waals surface area contributed by atoms with Crippen molar-refractivity contribution >= 4 is 6.09 Å². The fourth-order valence-electron chi connectivity index (χ4n) is 1.66. The molecule has 1 amide bonds. The van der Waals surface area contributed by atoms with E-state index < -0.39 is 5.60 Å². The maximum Gasteiger partial charge on any atom is 0.410 e. The Kier molecular flexibility index (Phi) is 5.25. The first-order valence-electron chi connectivity index (χ1n) is 6.42. The summed E-state index contributed by atoms with van der Waals surface area (Å²) in [6.45, 7) is 5.97. The minimum Gasteiger partial charge on any atom is -0.493 e. The van der Waals surface area contributed by atoms with Crippen LogP contribution in [0.1, 0.15) is 26.3 Å². The minimum atomic E-state index is -0.497. The van der Waals surface area contributed by atoms with Gasteiger partial charge in [0.25, 0.3) is 0 Å². The van der Waals surface area contributed by atoms with E-state index in [0.717, 1.165) is 5.56 Å². The lowest BCUT2D eigenvalue weighted by Gasteiger charge is -2.24. The van der Waals surface area contributed by atoms with E-state index in [1.807, 2.05) is 39.0 Å². The molecule has 5 nitrogen and oxygen atoms in total. The summed E-state index contributed by atoms with van der Waals surface area (Å²) in [5.41, 5.74) is 0.444. The molecule has 0 spiro atoms. The second-order valence-electron chi connectivity index (χ2n) is 5.53. The third-order valence-electron chi connectivity index (χ3n) is 2.57. The highest BCUT2D eigenvalue weighted by atomic mass is 16.6. The molecule has 0 saturated carbocycles. The summed E-state index contributed by atoms with van der Waals surface area (Å²) in [5, 5.41) is 0. The van der Waals surface area contributed by atoms with E-state index in [4.69, 9.17) is 14.2 Å². The van der Waals surface area contributed by atoms with E-state index >= 15 is 0 Å². The summed E-state index contributed by atoms with van der Waals surface area (Å²) in [6, 6.07) is 5.55. The van der Waals surface area contributed by atoms with Crippen molar-refractivity contribution in [2.24, 2.45) is 0 Å². The van der Waals surface area contributed by atoms with Gasteiger partial charge in [0.15, 0.2) is 11.5 Å². The number of rotatable bonds is 4. The summed E-state index contributed by atoms with van der Waals surface area (Å²) >= 11 is 0. The van der Waals surface area contributed by atoms with Gasteiger partial charge >= 0.3 is 6.09 Å². The van der Waals surface area contributed by atoms with Gasteiger partial charge in [0.1, 0.15) is 5.60 Å². The Bertz CT molecular complexity index is 465. The zero-order valence-electron chi connectivity index (χ0n) is 13.0. The van der Waals surface area contributed by atoms with Gasteiger partial charge in [0.2, 0.25) is 0 Å². The standard InChI is InChI=1S/C15H23NO4/c1-15(2,3)20-14(17)16(4)10-11-7-8-12(18-5)13(9-11)19-6/h7-9H,10H2,1-6H3. The lowest BCUT2D eigenvalue weighted by molar-refractivity contribution is 0.0285. The third kappa shape index (κ3) is 4.64. The van der Waals surface area contributed by atoms with E-state index in [9.17, 15) is 4.79 Å². The van der Waals surface area contributed by atoms with Crippen LogP contribution < -0.4 is 9.47 Å². The first-order chi connectivity index (χ1) is 9.26. The van der Waals surface area contributed by atoms with E-state index in [-0.39, 0.29) is 6.09 Å². The van der Waals surface area contributed by atoms with Crippen molar-refractivity contribution in [2.75, 3.05) is 21.3 Å². The Balaban J connectivity index is 2.75. The minimum absolute atomic E-state index is 0.354. The van der Waals surface area contributed by atoms with Crippen molar-refractivity contribution in [3.8, 4) is 11.5 Å². The highest BCUT2D eigenvalue weighted by molar-refractivity contribution is 5.67. The van der Waals surface area contributed by atoms with Crippen molar-refractivity contribution in [3.63, 3.8) is 0 Å². The van der Waals surface area contributed by atoms with Crippen molar-refractivity contribution < 1.29 is 19.0 Å². The zero-order chi connectivity index (χ0) is 15.3. The first-order valence-corrected chi connectivity index (χ1v) is 6.42. The quantitative estimate of drug-likeness (QED) is 0.851. The fraction of sp³-hybridized carbons (Fsp3) is 0.533. The predicted molar refractivity (Wildman–Crippen MR) is 77.2 cm³/mol. The van der Waals surface area contributed by atoms with Crippen molar-refractivity contribution in [1.29, 1.82) is 0 Å². The van der Waals surface area contributed by atoms with Gasteiger partial charge in [-0.1, -0.05) is 6.07 Å². The molecule has 1 aromatic carbocycles. The molecule has 0 heterocycles. The SMILES string of the molecule is COc1ccc(CN(C)C(=O)OC(C)(C)C)cc1OC. The Morgan fingerprint density at radius 3 is 2.25 bits per heavy atom. The Morgan fingerprint density at radius 2 is 1.75 bits per heavy atom. The maximum atomic E-state index is 11.9. The van der Waals surface area contributed by atoms with Gasteiger partial charge in [-0.3, -0.25) is 0 Å². The smallest absolute Gasteiger partial charge is 0.410 e. The van der Waals surface area contributed by atoms with Crippen LogP contribution in [0.15, 0.2) is 18.2 Å². The molecule has 0 fully saturated rings. The molecule has 0 bridgehead atoms. The van der Waals surface area contributed by atoms with Gasteiger partial charge in [-0.15, -0.1) is 0 Å². The Morgan fingerprint density at radius 1 is 1.15 bits per heavy atom. The molecule has 0 aliphatic heterocycles. The van der Waals surface area contributed by atoms with Crippen molar-refractivity contribution in [2.45, 2.75) is 32.9 Å². The average Bonchev–Trinajstić information content (AvgIpc) is 2.36. The fourth-order valence-corrected chi connectivity index (χ4v) is 1.66. The van der Waals surface area contributed by atoms with Crippen LogP contribution in [-0.4, -0.2) is 37.9 Å². The van der Waals surface area contributed by atoms with Crippen molar-refractivity contribution in [3.05, 3.63) is 23.8 Å². The molecular formula is C15H23NO4. The highest BCUT2D eigenvalue weighted by Gasteiger charge is 2.19. The molecule has 0 radical (unpaired) electrons. The largest absolute Gasteiger partial charge is 0.493 e. The number of methoxy groups -OCH3 is 2. The number of ether oxygens (including phenoxy) is 3. The second kappa shape index (κ2) is 6.50. The molecule has 0 saturated heterocycles. The Hall–Kier alpha value is -1.91. The number of carbonyl (C=O) groups excluding carboxylic acids is 1. The van der Waals surface area contributed by atoms with Crippen LogP contribution in [0.25, 0.3) is 0 Å². The lowest BCUT2D eigenvalue weighted by Crippen LogP contribution is -2.33. The van der Waals surface area contributed by atoms with Crippen LogP contribution in [0.2, 0.25) is 0 Å². The van der Waals surface area contributed by atoms with E-state index in [1.54, 1.807) is 21.3 Å². The molecule has 20 heavy (non-hydrogen) atoms. The van der Waals surface area contributed by atoms with Gasteiger partial charge in [0, 0.05) is 13.6 Å². The number of hydrogen-bond donors (Lipinski definition) is 0. The number of amides is 1. The molecule has 0 aliphatic carbocycles. The van der Waals surface area contributed by atoms with E-state index in [0.29, 0.717) is 18.0 Å². The zero-order valence-corrected chi connectivity index (χ0v) is 13.0. The van der Waals surface area contributed by atoms with E-state index in [1.165, 1.54) is 4.90 Å². The third-order valence-corrected chi connectivity index (χ3v) is 2.57. The van der Waals surface area contributed by atoms with Crippen LogP contribution in [-0.2, 0) is 11.3 Å². The monoisotopic (exact) mass is 281 g/mol. The second-order valence-corrected chi connectivity index (χ2v) is 5.53. The van der Waals surface area contributed by atoms with Crippen LogP contribution in [0.4, 0.5) is 4.79 Å². The normalized spacial score (nSPS) is 10.9. The molecular weight excluding hydrogens is 258 g/mol. The molecule has 0 aromatic heterocycles. The van der Waals surface area contributed by atoms with Crippen LogP contribution in [0.3, 0.4) is 0 Å². The number of nitrogens with zero attached hydrogens (tertiary/aromatic N) is 1. The summed E-state index contributed by atoms with van der Waals surface area (Å²) in [6.07, 6.45) is -0.354. The van der Waals surface area contributed by atoms with Crippen LogP contribution >= 0.6 is 0 Å². The Labute approximate surface area is 120 Å². The van der Waals surface area contributed by atoms with Gasteiger partial charge in [-0.05, 0) is 38.5 Å². The maximum absolute atomic E-state index is 11.9. The molecule has 1 aromatic rings. The topological polar surface area (TPSA) is 48.0 Å².